The van der Waals surface area contributed by atoms with Gasteiger partial charge in [0.15, 0.2) is 0 Å². The number of hydrogen-bond acceptors (Lipinski definition) is 2. The summed E-state index contributed by atoms with van der Waals surface area (Å²) in [5, 5.41) is 3.74. The van der Waals surface area contributed by atoms with Gasteiger partial charge in [-0.3, -0.25) is 0 Å². The number of rotatable bonds is 7. The zero-order valence-corrected chi connectivity index (χ0v) is 16.1. The molecule has 0 radical (unpaired) electrons. The van der Waals surface area contributed by atoms with Crippen LogP contribution in [0.2, 0.25) is 0 Å². The molecule has 2 nitrogen and oxygen atoms in total. The van der Waals surface area contributed by atoms with Crippen molar-refractivity contribution in [2.24, 2.45) is 11.1 Å². The molecule has 0 amide bonds. The molecule has 1 aromatic carbocycles. The molecule has 0 heterocycles. The predicted octanol–water partition coefficient (Wildman–Crippen LogP) is 4.80. The van der Waals surface area contributed by atoms with Crippen molar-refractivity contribution in [2.45, 2.75) is 71.3 Å². The van der Waals surface area contributed by atoms with E-state index in [1.807, 2.05) is 0 Å². The molecule has 0 unspecified atom stereocenters. The monoisotopic (exact) mass is 328 g/mol. The van der Waals surface area contributed by atoms with Crippen molar-refractivity contribution < 1.29 is 0 Å². The molecule has 1 aliphatic carbocycles. The Morgan fingerprint density at radius 3 is 2.42 bits per heavy atom. The van der Waals surface area contributed by atoms with Gasteiger partial charge in [-0.25, -0.2) is 0 Å². The first-order valence-electron chi connectivity index (χ1n) is 9.60. The maximum atomic E-state index is 6.19. The Hall–Kier alpha value is -1.12. The molecule has 0 aromatic heterocycles. The van der Waals surface area contributed by atoms with Crippen molar-refractivity contribution in [3.8, 4) is 0 Å². The summed E-state index contributed by atoms with van der Waals surface area (Å²) in [5.41, 5.74) is 9.61. The van der Waals surface area contributed by atoms with Gasteiger partial charge in [0.25, 0.3) is 0 Å². The molecule has 0 saturated heterocycles. The summed E-state index contributed by atoms with van der Waals surface area (Å²) in [6.45, 7) is 10.9. The highest BCUT2D eigenvalue weighted by molar-refractivity contribution is 5.27. The van der Waals surface area contributed by atoms with Crippen molar-refractivity contribution in [3.63, 3.8) is 0 Å². The molecule has 0 spiro atoms. The minimum absolute atomic E-state index is 0.190. The molecule has 134 valence electrons. The first kappa shape index (κ1) is 19.2. The first-order valence-corrected chi connectivity index (χ1v) is 9.60. The summed E-state index contributed by atoms with van der Waals surface area (Å²) in [4.78, 5) is 0. The van der Waals surface area contributed by atoms with Crippen LogP contribution in [0.4, 0.5) is 0 Å². The molecule has 1 aliphatic rings. The minimum Gasteiger partial charge on any atom is -0.330 e. The average molecular weight is 329 g/mol. The van der Waals surface area contributed by atoms with Gasteiger partial charge in [-0.15, -0.1) is 0 Å². The van der Waals surface area contributed by atoms with Crippen LogP contribution in [0.15, 0.2) is 42.0 Å². The van der Waals surface area contributed by atoms with Crippen molar-refractivity contribution in [3.05, 3.63) is 47.5 Å². The highest BCUT2D eigenvalue weighted by atomic mass is 14.9. The average Bonchev–Trinajstić information content (AvgIpc) is 2.63. The summed E-state index contributed by atoms with van der Waals surface area (Å²) < 4.78 is 0. The van der Waals surface area contributed by atoms with E-state index in [1.54, 1.807) is 0 Å². The van der Waals surface area contributed by atoms with E-state index in [2.05, 4.69) is 69.4 Å². The molecule has 1 saturated carbocycles. The van der Waals surface area contributed by atoms with Crippen molar-refractivity contribution >= 4 is 0 Å². The van der Waals surface area contributed by atoms with E-state index in [0.29, 0.717) is 11.5 Å². The maximum Gasteiger partial charge on any atom is 0.0140 e. The van der Waals surface area contributed by atoms with Crippen molar-refractivity contribution in [1.29, 1.82) is 0 Å². The van der Waals surface area contributed by atoms with Crippen LogP contribution in [0.3, 0.4) is 0 Å². The molecule has 24 heavy (non-hydrogen) atoms. The van der Waals surface area contributed by atoms with Crippen LogP contribution in [0.5, 0.6) is 0 Å². The van der Waals surface area contributed by atoms with E-state index < -0.39 is 0 Å². The van der Waals surface area contributed by atoms with E-state index in [4.69, 9.17) is 5.73 Å². The molecule has 2 rings (SSSR count). The van der Waals surface area contributed by atoms with Gasteiger partial charge in [0.05, 0.1) is 0 Å². The smallest absolute Gasteiger partial charge is 0.0140 e. The van der Waals surface area contributed by atoms with Crippen LogP contribution in [-0.4, -0.2) is 19.1 Å². The Balaban J connectivity index is 1.88. The standard InChI is InChI=1S/C22H36N2/c1-5-21(3,4)18(2)13-16-24-20-11-14-22(17-23,15-12-20)19-9-7-6-8-10-19/h6-10,13,20,24H,5,11-12,14-17,23H2,1-4H3/b18-13+. The Bertz CT molecular complexity index is 522. The van der Waals surface area contributed by atoms with Crippen LogP contribution in [0, 0.1) is 5.41 Å². The normalized spacial score (nSPS) is 25.7. The summed E-state index contributed by atoms with van der Waals surface area (Å²) in [5.74, 6) is 0. The number of benzene rings is 1. The van der Waals surface area contributed by atoms with Crippen LogP contribution in [0.25, 0.3) is 0 Å². The molecule has 1 aromatic rings. The number of hydrogen-bond donors (Lipinski definition) is 2. The lowest BCUT2D eigenvalue weighted by atomic mass is 9.68. The fourth-order valence-electron chi connectivity index (χ4n) is 3.71. The SMILES string of the molecule is CCC(C)(C)/C(C)=C/CNC1CCC(CN)(c2ccccc2)CC1. The number of nitrogens with one attached hydrogen (secondary N) is 1. The fraction of sp³-hybridized carbons (Fsp3) is 0.636. The summed E-state index contributed by atoms with van der Waals surface area (Å²) >= 11 is 0. The van der Waals surface area contributed by atoms with Crippen LogP contribution >= 0.6 is 0 Å². The lowest BCUT2D eigenvalue weighted by Gasteiger charge is -2.40. The van der Waals surface area contributed by atoms with E-state index in [0.717, 1.165) is 13.1 Å². The van der Waals surface area contributed by atoms with Gasteiger partial charge in [-0.2, -0.15) is 0 Å². The molecule has 1 fully saturated rings. The van der Waals surface area contributed by atoms with Gasteiger partial charge in [0, 0.05) is 24.5 Å². The van der Waals surface area contributed by atoms with Crippen molar-refractivity contribution in [1.82, 2.24) is 5.32 Å². The lowest BCUT2D eigenvalue weighted by Crippen LogP contribution is -2.44. The number of nitrogens with two attached hydrogens (primary N) is 1. The molecule has 0 atom stereocenters. The predicted molar refractivity (Wildman–Crippen MR) is 105 cm³/mol. The third-order valence-electron chi connectivity index (χ3n) is 6.49. The molecule has 3 N–H and O–H groups in total. The zero-order chi connectivity index (χ0) is 17.6. The highest BCUT2D eigenvalue weighted by Crippen LogP contribution is 2.38. The van der Waals surface area contributed by atoms with Crippen LogP contribution in [0.1, 0.15) is 65.4 Å². The van der Waals surface area contributed by atoms with E-state index in [9.17, 15) is 0 Å². The van der Waals surface area contributed by atoms with Gasteiger partial charge in [0.2, 0.25) is 0 Å². The molecule has 0 aliphatic heterocycles. The van der Waals surface area contributed by atoms with E-state index >= 15 is 0 Å². The van der Waals surface area contributed by atoms with Crippen LogP contribution < -0.4 is 11.1 Å². The minimum atomic E-state index is 0.190. The number of allylic oxidation sites excluding steroid dienone is 1. The van der Waals surface area contributed by atoms with E-state index in [1.165, 1.54) is 43.2 Å². The third-order valence-corrected chi connectivity index (χ3v) is 6.49. The zero-order valence-electron chi connectivity index (χ0n) is 16.1. The van der Waals surface area contributed by atoms with Crippen molar-refractivity contribution in [2.75, 3.05) is 13.1 Å². The van der Waals surface area contributed by atoms with Crippen LogP contribution in [-0.2, 0) is 5.41 Å². The molecule has 2 heteroatoms. The second-order valence-corrected chi connectivity index (χ2v) is 8.16. The summed E-state index contributed by atoms with van der Waals surface area (Å²) in [6, 6.07) is 11.5. The summed E-state index contributed by atoms with van der Waals surface area (Å²) in [7, 11) is 0. The van der Waals surface area contributed by atoms with Gasteiger partial charge < -0.3 is 11.1 Å². The first-order chi connectivity index (χ1) is 11.4. The Kier molecular flexibility index (Phi) is 6.65. The van der Waals surface area contributed by atoms with Gasteiger partial charge in [0.1, 0.15) is 0 Å². The van der Waals surface area contributed by atoms with Gasteiger partial charge in [-0.05, 0) is 50.0 Å². The van der Waals surface area contributed by atoms with Gasteiger partial charge in [-0.1, -0.05) is 62.8 Å². The maximum absolute atomic E-state index is 6.19. The quantitative estimate of drug-likeness (QED) is 0.706. The Morgan fingerprint density at radius 1 is 1.25 bits per heavy atom. The molecule has 0 bridgehead atoms. The van der Waals surface area contributed by atoms with Gasteiger partial charge >= 0.3 is 0 Å². The Morgan fingerprint density at radius 2 is 1.88 bits per heavy atom. The fourth-order valence-corrected chi connectivity index (χ4v) is 3.71. The van der Waals surface area contributed by atoms with E-state index in [-0.39, 0.29) is 5.41 Å². The lowest BCUT2D eigenvalue weighted by molar-refractivity contribution is 0.255. The second-order valence-electron chi connectivity index (χ2n) is 8.16. The second kappa shape index (κ2) is 8.31. The Labute approximate surface area is 148 Å². The largest absolute Gasteiger partial charge is 0.330 e. The molecular formula is C22H36N2. The third kappa shape index (κ3) is 4.49. The molecular weight excluding hydrogens is 292 g/mol. The summed E-state index contributed by atoms with van der Waals surface area (Å²) in [6.07, 6.45) is 8.38. The highest BCUT2D eigenvalue weighted by Gasteiger charge is 2.35. The topological polar surface area (TPSA) is 38.0 Å².